The van der Waals surface area contributed by atoms with E-state index in [-0.39, 0.29) is 17.5 Å². The van der Waals surface area contributed by atoms with Crippen LogP contribution in [0, 0.1) is 17.8 Å². The van der Waals surface area contributed by atoms with Gasteiger partial charge in [-0.05, 0) is 75.8 Å². The molecule has 4 bridgehead atoms. The number of hydrogen-bond donors (Lipinski definition) is 1. The number of nitrogens with zero attached hydrogens (tertiary/aromatic N) is 1. The molecule has 1 aromatic rings. The van der Waals surface area contributed by atoms with Crippen LogP contribution in [0.3, 0.4) is 0 Å². The van der Waals surface area contributed by atoms with Crippen LogP contribution in [-0.2, 0) is 11.3 Å². The molecule has 4 aliphatic rings. The molecule has 4 saturated carbocycles. The Morgan fingerprint density at radius 2 is 1.67 bits per heavy atom. The topological polar surface area (TPSA) is 32.3 Å². The van der Waals surface area contributed by atoms with Crippen molar-refractivity contribution in [3.05, 3.63) is 35.9 Å². The zero-order valence-corrected chi connectivity index (χ0v) is 15.0. The molecule has 0 unspecified atom stereocenters. The van der Waals surface area contributed by atoms with Gasteiger partial charge in [0.2, 0.25) is 5.91 Å². The van der Waals surface area contributed by atoms with Crippen LogP contribution in [0.25, 0.3) is 0 Å². The lowest BCUT2D eigenvalue weighted by atomic mass is 9.53. The first-order valence-corrected chi connectivity index (χ1v) is 9.59. The smallest absolute Gasteiger partial charge is 0.237 e. The zero-order valence-electron chi connectivity index (χ0n) is 15.0. The Morgan fingerprint density at radius 3 is 2.21 bits per heavy atom. The zero-order chi connectivity index (χ0) is 16.7. The molecule has 1 aromatic carbocycles. The molecule has 4 aliphatic carbocycles. The van der Waals surface area contributed by atoms with E-state index in [0.29, 0.717) is 0 Å². The molecular formula is C21H30N2O. The minimum Gasteiger partial charge on any atom is -0.349 e. The highest BCUT2D eigenvalue weighted by molar-refractivity contribution is 5.82. The highest BCUT2D eigenvalue weighted by atomic mass is 16.2. The van der Waals surface area contributed by atoms with Crippen molar-refractivity contribution >= 4 is 5.91 Å². The van der Waals surface area contributed by atoms with E-state index in [4.69, 9.17) is 0 Å². The molecule has 3 heteroatoms. The predicted octanol–water partition coefficient (Wildman–Crippen LogP) is 3.59. The normalized spacial score (nSPS) is 35.2. The van der Waals surface area contributed by atoms with Gasteiger partial charge in [-0.2, -0.15) is 0 Å². The molecule has 0 aromatic heterocycles. The van der Waals surface area contributed by atoms with E-state index in [9.17, 15) is 4.79 Å². The first-order valence-electron chi connectivity index (χ1n) is 9.59. The second kappa shape index (κ2) is 6.18. The molecule has 0 heterocycles. The van der Waals surface area contributed by atoms with Crippen molar-refractivity contribution in [2.45, 2.75) is 63.6 Å². The van der Waals surface area contributed by atoms with Gasteiger partial charge in [0, 0.05) is 12.1 Å². The summed E-state index contributed by atoms with van der Waals surface area (Å²) in [6, 6.07) is 10.3. The van der Waals surface area contributed by atoms with Crippen molar-refractivity contribution in [1.82, 2.24) is 10.2 Å². The number of rotatable bonds is 5. The van der Waals surface area contributed by atoms with E-state index >= 15 is 0 Å². The number of amides is 1. The fraction of sp³-hybridized carbons (Fsp3) is 0.667. The molecule has 1 atom stereocenters. The maximum atomic E-state index is 12.9. The Labute approximate surface area is 145 Å². The van der Waals surface area contributed by atoms with Crippen LogP contribution >= 0.6 is 0 Å². The lowest BCUT2D eigenvalue weighted by molar-refractivity contribution is -0.131. The molecule has 0 spiro atoms. The monoisotopic (exact) mass is 326 g/mol. The van der Waals surface area contributed by atoms with E-state index in [1.165, 1.54) is 44.1 Å². The second-order valence-electron chi connectivity index (χ2n) is 8.76. The van der Waals surface area contributed by atoms with Gasteiger partial charge in [-0.25, -0.2) is 0 Å². The van der Waals surface area contributed by atoms with E-state index in [2.05, 4.69) is 41.5 Å². The van der Waals surface area contributed by atoms with Crippen LogP contribution in [-0.4, -0.2) is 29.4 Å². The van der Waals surface area contributed by atoms with E-state index < -0.39 is 0 Å². The van der Waals surface area contributed by atoms with E-state index in [1.807, 2.05) is 13.0 Å². The van der Waals surface area contributed by atoms with Crippen molar-refractivity contribution < 1.29 is 4.79 Å². The van der Waals surface area contributed by atoms with Crippen LogP contribution in [0.5, 0.6) is 0 Å². The van der Waals surface area contributed by atoms with Gasteiger partial charge in [0.15, 0.2) is 0 Å². The Hall–Kier alpha value is -1.35. The first-order chi connectivity index (χ1) is 11.5. The molecule has 130 valence electrons. The van der Waals surface area contributed by atoms with Crippen LogP contribution in [0.1, 0.15) is 51.0 Å². The molecule has 0 radical (unpaired) electrons. The SMILES string of the molecule is C[C@H](C(=O)NC12CC3CC(CC(C3)C1)C2)N(C)Cc1ccccc1. The van der Waals surface area contributed by atoms with Gasteiger partial charge in [0.25, 0.3) is 0 Å². The van der Waals surface area contributed by atoms with Gasteiger partial charge in [-0.1, -0.05) is 30.3 Å². The van der Waals surface area contributed by atoms with Gasteiger partial charge in [0.1, 0.15) is 0 Å². The van der Waals surface area contributed by atoms with E-state index in [1.54, 1.807) is 0 Å². The summed E-state index contributed by atoms with van der Waals surface area (Å²) in [5.41, 5.74) is 1.38. The minimum absolute atomic E-state index is 0.0850. The number of carbonyl (C=O) groups excluding carboxylic acids is 1. The molecule has 24 heavy (non-hydrogen) atoms. The van der Waals surface area contributed by atoms with Crippen molar-refractivity contribution in [2.75, 3.05) is 7.05 Å². The molecule has 0 saturated heterocycles. The fourth-order valence-corrected chi connectivity index (χ4v) is 5.84. The van der Waals surface area contributed by atoms with Crippen LogP contribution < -0.4 is 5.32 Å². The molecule has 3 nitrogen and oxygen atoms in total. The maximum Gasteiger partial charge on any atom is 0.237 e. The summed E-state index contributed by atoms with van der Waals surface area (Å²) in [5, 5.41) is 3.51. The lowest BCUT2D eigenvalue weighted by Gasteiger charge is -2.57. The summed E-state index contributed by atoms with van der Waals surface area (Å²) in [4.78, 5) is 15.1. The quantitative estimate of drug-likeness (QED) is 0.897. The summed E-state index contributed by atoms with van der Waals surface area (Å²) < 4.78 is 0. The third kappa shape index (κ3) is 3.11. The van der Waals surface area contributed by atoms with Gasteiger partial charge >= 0.3 is 0 Å². The van der Waals surface area contributed by atoms with Crippen LogP contribution in [0.15, 0.2) is 30.3 Å². The van der Waals surface area contributed by atoms with Crippen molar-refractivity contribution in [1.29, 1.82) is 0 Å². The van der Waals surface area contributed by atoms with Crippen LogP contribution in [0.4, 0.5) is 0 Å². The first kappa shape index (κ1) is 16.1. The summed E-state index contributed by atoms with van der Waals surface area (Å²) in [7, 11) is 2.05. The third-order valence-corrected chi connectivity index (χ3v) is 6.74. The molecule has 1 amide bonds. The van der Waals surface area contributed by atoms with Crippen molar-refractivity contribution in [2.24, 2.45) is 17.8 Å². The highest BCUT2D eigenvalue weighted by Crippen LogP contribution is 2.55. The summed E-state index contributed by atoms with van der Waals surface area (Å²) in [5.74, 6) is 2.83. The van der Waals surface area contributed by atoms with Gasteiger partial charge < -0.3 is 5.32 Å². The van der Waals surface area contributed by atoms with Crippen LogP contribution in [0.2, 0.25) is 0 Å². The molecule has 5 rings (SSSR count). The van der Waals surface area contributed by atoms with E-state index in [0.717, 1.165) is 24.3 Å². The minimum atomic E-state index is -0.0850. The number of hydrogen-bond acceptors (Lipinski definition) is 2. The number of likely N-dealkylation sites (N-methyl/N-ethyl adjacent to an activating group) is 1. The molecule has 1 N–H and O–H groups in total. The van der Waals surface area contributed by atoms with Crippen molar-refractivity contribution in [3.8, 4) is 0 Å². The predicted molar refractivity (Wildman–Crippen MR) is 96.4 cm³/mol. The Morgan fingerprint density at radius 1 is 1.12 bits per heavy atom. The largest absolute Gasteiger partial charge is 0.349 e. The molecular weight excluding hydrogens is 296 g/mol. The third-order valence-electron chi connectivity index (χ3n) is 6.74. The Bertz CT molecular complexity index is 562. The maximum absolute atomic E-state index is 12.9. The van der Waals surface area contributed by atoms with Gasteiger partial charge in [-0.3, -0.25) is 9.69 Å². The average molecular weight is 326 g/mol. The standard InChI is InChI=1S/C21H30N2O/c1-15(23(2)14-16-6-4-3-5-7-16)20(24)22-21-11-17-8-18(12-21)10-19(9-17)13-21/h3-7,15,17-19H,8-14H2,1-2H3,(H,22,24)/t15-,17?,18?,19?,21?/m1/s1. The van der Waals surface area contributed by atoms with Crippen molar-refractivity contribution in [3.63, 3.8) is 0 Å². The molecule has 0 aliphatic heterocycles. The van der Waals surface area contributed by atoms with Gasteiger partial charge in [-0.15, -0.1) is 0 Å². The number of carbonyl (C=O) groups is 1. The summed E-state index contributed by atoms with van der Waals surface area (Å²) in [6.45, 7) is 2.86. The Kier molecular flexibility index (Phi) is 4.16. The average Bonchev–Trinajstić information content (AvgIpc) is 2.53. The fourth-order valence-electron chi connectivity index (χ4n) is 5.84. The van der Waals surface area contributed by atoms with Gasteiger partial charge in [0.05, 0.1) is 6.04 Å². The summed E-state index contributed by atoms with van der Waals surface area (Å²) in [6.07, 6.45) is 7.91. The Balaban J connectivity index is 1.39. The number of benzene rings is 1. The lowest BCUT2D eigenvalue weighted by Crippen LogP contribution is -2.62. The highest BCUT2D eigenvalue weighted by Gasteiger charge is 2.51. The number of nitrogens with one attached hydrogen (secondary N) is 1. The molecule has 4 fully saturated rings. The second-order valence-corrected chi connectivity index (χ2v) is 8.76. The summed E-state index contributed by atoms with van der Waals surface area (Å²) >= 11 is 0.